The smallest absolute Gasteiger partial charge is 0.0572 e. The Morgan fingerprint density at radius 1 is 1.39 bits per heavy atom. The Balaban J connectivity index is 1.96. The fourth-order valence-electron chi connectivity index (χ4n) is 2.74. The van der Waals surface area contributed by atoms with Crippen LogP contribution in [0.2, 0.25) is 0 Å². The molecule has 2 unspecified atom stereocenters. The molecule has 0 aliphatic carbocycles. The van der Waals surface area contributed by atoms with Gasteiger partial charge in [0.05, 0.1) is 5.69 Å². The van der Waals surface area contributed by atoms with Gasteiger partial charge in [-0.1, -0.05) is 19.9 Å². The van der Waals surface area contributed by atoms with E-state index in [0.717, 1.165) is 25.6 Å². The first-order chi connectivity index (χ1) is 8.66. The Morgan fingerprint density at radius 3 is 2.89 bits per heavy atom. The van der Waals surface area contributed by atoms with E-state index in [1.807, 2.05) is 12.3 Å². The lowest BCUT2D eigenvalue weighted by Crippen LogP contribution is -2.51. The molecule has 1 saturated heterocycles. The van der Waals surface area contributed by atoms with Crippen molar-refractivity contribution in [3.63, 3.8) is 0 Å². The first-order valence-corrected chi connectivity index (χ1v) is 7.05. The normalized spacial score (nSPS) is 23.2. The van der Waals surface area contributed by atoms with Gasteiger partial charge >= 0.3 is 0 Å². The molecule has 1 aliphatic rings. The van der Waals surface area contributed by atoms with Gasteiger partial charge in [-0.3, -0.25) is 9.88 Å². The molecule has 0 spiro atoms. The molecule has 2 rings (SSSR count). The summed E-state index contributed by atoms with van der Waals surface area (Å²) in [6.07, 6.45) is 3.14. The molecule has 3 nitrogen and oxygen atoms in total. The zero-order valence-electron chi connectivity index (χ0n) is 11.8. The maximum absolute atomic E-state index is 4.48. The van der Waals surface area contributed by atoms with Gasteiger partial charge in [-0.25, -0.2) is 0 Å². The SMILES string of the molecule is CC(C)CC1CN(C(C)c2ccccn2)CCN1. The van der Waals surface area contributed by atoms with Gasteiger partial charge in [-0.15, -0.1) is 0 Å². The van der Waals surface area contributed by atoms with Crippen LogP contribution in [-0.4, -0.2) is 35.6 Å². The third-order valence-corrected chi connectivity index (χ3v) is 3.71. The molecular formula is C15H25N3. The van der Waals surface area contributed by atoms with Gasteiger partial charge in [-0.05, 0) is 31.4 Å². The van der Waals surface area contributed by atoms with Crippen LogP contribution in [0.3, 0.4) is 0 Å². The van der Waals surface area contributed by atoms with Crippen LogP contribution in [0.5, 0.6) is 0 Å². The number of hydrogen-bond acceptors (Lipinski definition) is 3. The maximum atomic E-state index is 4.48. The minimum absolute atomic E-state index is 0.419. The molecule has 100 valence electrons. The predicted molar refractivity (Wildman–Crippen MR) is 75.5 cm³/mol. The van der Waals surface area contributed by atoms with Crippen molar-refractivity contribution >= 4 is 0 Å². The van der Waals surface area contributed by atoms with E-state index in [1.165, 1.54) is 12.1 Å². The molecule has 2 heterocycles. The monoisotopic (exact) mass is 247 g/mol. The van der Waals surface area contributed by atoms with Crippen LogP contribution in [-0.2, 0) is 0 Å². The molecule has 1 aromatic heterocycles. The Morgan fingerprint density at radius 2 is 2.22 bits per heavy atom. The fourth-order valence-corrected chi connectivity index (χ4v) is 2.74. The number of pyridine rings is 1. The van der Waals surface area contributed by atoms with E-state index in [2.05, 4.69) is 48.1 Å². The third kappa shape index (κ3) is 3.53. The lowest BCUT2D eigenvalue weighted by Gasteiger charge is -2.37. The second-order valence-electron chi connectivity index (χ2n) is 5.71. The quantitative estimate of drug-likeness (QED) is 0.886. The summed E-state index contributed by atoms with van der Waals surface area (Å²) in [5, 5.41) is 3.62. The number of nitrogens with one attached hydrogen (secondary N) is 1. The molecular weight excluding hydrogens is 222 g/mol. The van der Waals surface area contributed by atoms with Gasteiger partial charge in [0.25, 0.3) is 0 Å². The van der Waals surface area contributed by atoms with Crippen LogP contribution < -0.4 is 5.32 Å². The highest BCUT2D eigenvalue weighted by Gasteiger charge is 2.24. The lowest BCUT2D eigenvalue weighted by atomic mass is 10.0. The Hall–Kier alpha value is -0.930. The summed E-state index contributed by atoms with van der Waals surface area (Å²) in [5.41, 5.74) is 1.18. The Kier molecular flexibility index (Phi) is 4.72. The number of nitrogens with zero attached hydrogens (tertiary/aromatic N) is 2. The summed E-state index contributed by atoms with van der Waals surface area (Å²) in [4.78, 5) is 7.03. The number of piperazine rings is 1. The van der Waals surface area contributed by atoms with Crippen LogP contribution >= 0.6 is 0 Å². The summed E-state index contributed by atoms with van der Waals surface area (Å²) in [6.45, 7) is 10.2. The molecule has 0 saturated carbocycles. The standard InChI is InChI=1S/C15H25N3/c1-12(2)10-14-11-18(9-8-16-14)13(3)15-6-4-5-7-17-15/h4-7,12-14,16H,8-11H2,1-3H3. The summed E-state index contributed by atoms with van der Waals surface area (Å²) >= 11 is 0. The van der Waals surface area contributed by atoms with Crippen molar-refractivity contribution in [2.75, 3.05) is 19.6 Å². The van der Waals surface area contributed by atoms with Gasteiger partial charge in [0.1, 0.15) is 0 Å². The zero-order valence-corrected chi connectivity index (χ0v) is 11.8. The second kappa shape index (κ2) is 6.30. The van der Waals surface area contributed by atoms with Crippen LogP contribution in [0.15, 0.2) is 24.4 Å². The van der Waals surface area contributed by atoms with Gasteiger partial charge in [-0.2, -0.15) is 0 Å². The van der Waals surface area contributed by atoms with Crippen molar-refractivity contribution in [1.82, 2.24) is 15.2 Å². The Bertz CT molecular complexity index is 350. The first kappa shape index (κ1) is 13.5. The van der Waals surface area contributed by atoms with Crippen LogP contribution in [0.25, 0.3) is 0 Å². The van der Waals surface area contributed by atoms with Crippen molar-refractivity contribution in [2.45, 2.75) is 39.3 Å². The number of rotatable bonds is 4. The Labute approximate surface area is 111 Å². The largest absolute Gasteiger partial charge is 0.311 e. The highest BCUT2D eigenvalue weighted by molar-refractivity contribution is 5.08. The average molecular weight is 247 g/mol. The number of hydrogen-bond donors (Lipinski definition) is 1. The molecule has 1 fully saturated rings. The van der Waals surface area contributed by atoms with Gasteiger partial charge in [0.15, 0.2) is 0 Å². The molecule has 18 heavy (non-hydrogen) atoms. The second-order valence-corrected chi connectivity index (χ2v) is 5.71. The van der Waals surface area contributed by atoms with Crippen molar-refractivity contribution in [2.24, 2.45) is 5.92 Å². The van der Waals surface area contributed by atoms with Gasteiger partial charge in [0, 0.05) is 37.9 Å². The van der Waals surface area contributed by atoms with E-state index in [9.17, 15) is 0 Å². The molecule has 0 bridgehead atoms. The van der Waals surface area contributed by atoms with Crippen molar-refractivity contribution in [3.05, 3.63) is 30.1 Å². The first-order valence-electron chi connectivity index (χ1n) is 7.05. The molecule has 3 heteroatoms. The van der Waals surface area contributed by atoms with Crippen molar-refractivity contribution < 1.29 is 0 Å². The van der Waals surface area contributed by atoms with E-state index in [1.54, 1.807) is 0 Å². The highest BCUT2D eigenvalue weighted by atomic mass is 15.2. The lowest BCUT2D eigenvalue weighted by molar-refractivity contribution is 0.141. The van der Waals surface area contributed by atoms with Crippen molar-refractivity contribution in [1.29, 1.82) is 0 Å². The average Bonchev–Trinajstić information content (AvgIpc) is 2.38. The minimum Gasteiger partial charge on any atom is -0.311 e. The third-order valence-electron chi connectivity index (χ3n) is 3.71. The van der Waals surface area contributed by atoms with Crippen LogP contribution in [0.4, 0.5) is 0 Å². The molecule has 1 aliphatic heterocycles. The van der Waals surface area contributed by atoms with E-state index < -0.39 is 0 Å². The maximum Gasteiger partial charge on any atom is 0.0572 e. The molecule has 0 amide bonds. The molecule has 0 aromatic carbocycles. The summed E-state index contributed by atoms with van der Waals surface area (Å²) in [5.74, 6) is 0.757. The van der Waals surface area contributed by atoms with E-state index in [0.29, 0.717) is 12.1 Å². The summed E-state index contributed by atoms with van der Waals surface area (Å²) in [7, 11) is 0. The molecule has 1 aromatic rings. The van der Waals surface area contributed by atoms with E-state index in [-0.39, 0.29) is 0 Å². The summed E-state index contributed by atoms with van der Waals surface area (Å²) in [6, 6.07) is 7.24. The summed E-state index contributed by atoms with van der Waals surface area (Å²) < 4.78 is 0. The zero-order chi connectivity index (χ0) is 13.0. The van der Waals surface area contributed by atoms with Gasteiger partial charge < -0.3 is 5.32 Å². The van der Waals surface area contributed by atoms with Gasteiger partial charge in [0.2, 0.25) is 0 Å². The number of aromatic nitrogens is 1. The topological polar surface area (TPSA) is 28.2 Å². The highest BCUT2D eigenvalue weighted by Crippen LogP contribution is 2.20. The van der Waals surface area contributed by atoms with E-state index in [4.69, 9.17) is 0 Å². The molecule has 2 atom stereocenters. The molecule has 1 N–H and O–H groups in total. The van der Waals surface area contributed by atoms with Crippen LogP contribution in [0, 0.1) is 5.92 Å². The minimum atomic E-state index is 0.419. The fraction of sp³-hybridized carbons (Fsp3) is 0.667. The van der Waals surface area contributed by atoms with Crippen LogP contribution in [0.1, 0.15) is 38.9 Å². The predicted octanol–water partition coefficient (Wildman–Crippen LogP) is 2.46. The van der Waals surface area contributed by atoms with E-state index >= 15 is 0 Å². The molecule has 0 radical (unpaired) electrons. The van der Waals surface area contributed by atoms with Crippen molar-refractivity contribution in [3.8, 4) is 0 Å².